The summed E-state index contributed by atoms with van der Waals surface area (Å²) in [4.78, 5) is 23.0. The molecule has 1 aliphatic rings. The van der Waals surface area contributed by atoms with Crippen molar-refractivity contribution in [3.63, 3.8) is 0 Å². The molecular formula is C14H15BrO2. The van der Waals surface area contributed by atoms with Crippen LogP contribution in [0.5, 0.6) is 0 Å². The SMILES string of the molecule is Cc1cc(Br)cc(C)c1C1CC(=O)CC(=O)C1. The van der Waals surface area contributed by atoms with E-state index in [1.54, 1.807) is 0 Å². The summed E-state index contributed by atoms with van der Waals surface area (Å²) in [5, 5.41) is 0. The zero-order valence-electron chi connectivity index (χ0n) is 10.0. The predicted octanol–water partition coefficient (Wildman–Crippen LogP) is 3.47. The van der Waals surface area contributed by atoms with Gasteiger partial charge in [-0.05, 0) is 48.6 Å². The molecule has 2 rings (SSSR count). The highest BCUT2D eigenvalue weighted by molar-refractivity contribution is 9.10. The lowest BCUT2D eigenvalue weighted by atomic mass is 9.79. The number of halogens is 1. The largest absolute Gasteiger partial charge is 0.299 e. The van der Waals surface area contributed by atoms with Crippen LogP contribution in [-0.2, 0) is 9.59 Å². The Labute approximate surface area is 110 Å². The molecule has 90 valence electrons. The summed E-state index contributed by atoms with van der Waals surface area (Å²) in [6, 6.07) is 4.10. The molecule has 0 radical (unpaired) electrons. The van der Waals surface area contributed by atoms with Gasteiger partial charge in [0.1, 0.15) is 11.6 Å². The van der Waals surface area contributed by atoms with Crippen LogP contribution in [0.2, 0.25) is 0 Å². The van der Waals surface area contributed by atoms with Crippen molar-refractivity contribution in [3.05, 3.63) is 33.3 Å². The van der Waals surface area contributed by atoms with E-state index in [0.29, 0.717) is 12.8 Å². The van der Waals surface area contributed by atoms with Gasteiger partial charge >= 0.3 is 0 Å². The Morgan fingerprint density at radius 2 is 1.53 bits per heavy atom. The van der Waals surface area contributed by atoms with E-state index in [1.165, 1.54) is 5.56 Å². The molecule has 1 aromatic rings. The van der Waals surface area contributed by atoms with E-state index in [9.17, 15) is 9.59 Å². The third-order valence-corrected chi connectivity index (χ3v) is 3.77. The van der Waals surface area contributed by atoms with Gasteiger partial charge in [0.25, 0.3) is 0 Å². The van der Waals surface area contributed by atoms with Crippen molar-refractivity contribution < 1.29 is 9.59 Å². The van der Waals surface area contributed by atoms with E-state index < -0.39 is 0 Å². The van der Waals surface area contributed by atoms with Crippen molar-refractivity contribution in [1.29, 1.82) is 0 Å². The first kappa shape index (κ1) is 12.5. The summed E-state index contributed by atoms with van der Waals surface area (Å²) in [5.74, 6) is 0.234. The highest BCUT2D eigenvalue weighted by Crippen LogP contribution is 2.34. The van der Waals surface area contributed by atoms with Crippen LogP contribution in [0, 0.1) is 13.8 Å². The zero-order chi connectivity index (χ0) is 12.6. The third kappa shape index (κ3) is 2.65. The topological polar surface area (TPSA) is 34.1 Å². The minimum Gasteiger partial charge on any atom is -0.299 e. The quantitative estimate of drug-likeness (QED) is 0.743. The Morgan fingerprint density at radius 3 is 2.00 bits per heavy atom. The number of carbonyl (C=O) groups excluding carboxylic acids is 2. The van der Waals surface area contributed by atoms with E-state index in [0.717, 1.165) is 15.6 Å². The molecule has 1 fully saturated rings. The fourth-order valence-corrected chi connectivity index (χ4v) is 3.44. The van der Waals surface area contributed by atoms with Gasteiger partial charge in [-0.15, -0.1) is 0 Å². The molecule has 1 aliphatic carbocycles. The number of hydrogen-bond acceptors (Lipinski definition) is 2. The number of carbonyl (C=O) groups is 2. The van der Waals surface area contributed by atoms with Gasteiger partial charge in [0.15, 0.2) is 0 Å². The maximum Gasteiger partial charge on any atom is 0.140 e. The van der Waals surface area contributed by atoms with E-state index >= 15 is 0 Å². The van der Waals surface area contributed by atoms with Crippen LogP contribution >= 0.6 is 15.9 Å². The maximum atomic E-state index is 11.5. The van der Waals surface area contributed by atoms with Crippen molar-refractivity contribution in [2.24, 2.45) is 0 Å². The Bertz CT molecular complexity index is 452. The lowest BCUT2D eigenvalue weighted by Gasteiger charge is -2.24. The summed E-state index contributed by atoms with van der Waals surface area (Å²) in [6.45, 7) is 4.08. The molecule has 3 heteroatoms. The molecule has 2 nitrogen and oxygen atoms in total. The van der Waals surface area contributed by atoms with Gasteiger partial charge in [-0.3, -0.25) is 9.59 Å². The number of ketones is 2. The van der Waals surface area contributed by atoms with Crippen LogP contribution in [0.4, 0.5) is 0 Å². The number of Topliss-reactive ketones (excluding diaryl/α,β-unsaturated/α-hetero) is 2. The molecular weight excluding hydrogens is 280 g/mol. The summed E-state index contributed by atoms with van der Waals surface area (Å²) in [7, 11) is 0. The van der Waals surface area contributed by atoms with Crippen LogP contribution in [0.1, 0.15) is 41.9 Å². The summed E-state index contributed by atoms with van der Waals surface area (Å²) < 4.78 is 1.05. The molecule has 0 unspecified atom stereocenters. The Morgan fingerprint density at radius 1 is 1.06 bits per heavy atom. The second-order valence-electron chi connectivity index (χ2n) is 4.81. The monoisotopic (exact) mass is 294 g/mol. The Hall–Kier alpha value is -0.960. The first-order valence-corrected chi connectivity index (χ1v) is 6.56. The van der Waals surface area contributed by atoms with Crippen LogP contribution in [0.15, 0.2) is 16.6 Å². The van der Waals surface area contributed by atoms with Gasteiger partial charge in [0.05, 0.1) is 6.42 Å². The van der Waals surface area contributed by atoms with Gasteiger partial charge in [0.2, 0.25) is 0 Å². The van der Waals surface area contributed by atoms with Gasteiger partial charge in [-0.2, -0.15) is 0 Å². The molecule has 0 aliphatic heterocycles. The standard InChI is InChI=1S/C14H15BrO2/c1-8-3-11(15)4-9(2)14(8)10-5-12(16)7-13(17)6-10/h3-4,10H,5-7H2,1-2H3. The molecule has 0 saturated heterocycles. The molecule has 17 heavy (non-hydrogen) atoms. The summed E-state index contributed by atoms with van der Waals surface area (Å²) in [5.41, 5.74) is 3.49. The average molecular weight is 295 g/mol. The highest BCUT2D eigenvalue weighted by atomic mass is 79.9. The third-order valence-electron chi connectivity index (χ3n) is 3.31. The van der Waals surface area contributed by atoms with E-state index in [4.69, 9.17) is 0 Å². The molecule has 0 heterocycles. The van der Waals surface area contributed by atoms with Gasteiger partial charge < -0.3 is 0 Å². The van der Waals surface area contributed by atoms with E-state index in [-0.39, 0.29) is 23.9 Å². The number of rotatable bonds is 1. The smallest absolute Gasteiger partial charge is 0.140 e. The number of aryl methyl sites for hydroxylation is 2. The molecule has 1 aromatic carbocycles. The van der Waals surface area contributed by atoms with Crippen molar-refractivity contribution in [3.8, 4) is 0 Å². The second-order valence-corrected chi connectivity index (χ2v) is 5.73. The van der Waals surface area contributed by atoms with Crippen LogP contribution in [0.3, 0.4) is 0 Å². The summed E-state index contributed by atoms with van der Waals surface area (Å²) >= 11 is 3.46. The maximum absolute atomic E-state index is 11.5. The van der Waals surface area contributed by atoms with Crippen molar-refractivity contribution in [2.75, 3.05) is 0 Å². The van der Waals surface area contributed by atoms with Gasteiger partial charge in [-0.25, -0.2) is 0 Å². The minimum absolute atomic E-state index is 0.0768. The van der Waals surface area contributed by atoms with Crippen molar-refractivity contribution in [2.45, 2.75) is 39.0 Å². The lowest BCUT2D eigenvalue weighted by Crippen LogP contribution is -2.22. The number of benzene rings is 1. The second kappa shape index (κ2) is 4.73. The molecule has 0 N–H and O–H groups in total. The Balaban J connectivity index is 2.40. The fourth-order valence-electron chi connectivity index (χ4n) is 2.76. The predicted molar refractivity (Wildman–Crippen MR) is 70.2 cm³/mol. The van der Waals surface area contributed by atoms with Crippen LogP contribution in [0.25, 0.3) is 0 Å². The number of hydrogen-bond donors (Lipinski definition) is 0. The molecule has 0 aromatic heterocycles. The normalized spacial score (nSPS) is 17.6. The fraction of sp³-hybridized carbons (Fsp3) is 0.429. The van der Waals surface area contributed by atoms with Gasteiger partial charge in [-0.1, -0.05) is 15.9 Å². The first-order chi connectivity index (χ1) is 7.97. The van der Waals surface area contributed by atoms with Crippen LogP contribution in [-0.4, -0.2) is 11.6 Å². The Kier molecular flexibility index (Phi) is 3.48. The average Bonchev–Trinajstić information content (AvgIpc) is 2.13. The van der Waals surface area contributed by atoms with E-state index in [2.05, 4.69) is 15.9 Å². The molecule has 0 bridgehead atoms. The molecule has 0 spiro atoms. The van der Waals surface area contributed by atoms with Crippen LogP contribution < -0.4 is 0 Å². The minimum atomic E-state index is 0.0768. The van der Waals surface area contributed by atoms with Gasteiger partial charge in [0, 0.05) is 17.3 Å². The highest BCUT2D eigenvalue weighted by Gasteiger charge is 2.28. The van der Waals surface area contributed by atoms with Crippen molar-refractivity contribution >= 4 is 27.5 Å². The van der Waals surface area contributed by atoms with E-state index in [1.807, 2.05) is 26.0 Å². The first-order valence-electron chi connectivity index (χ1n) is 5.77. The van der Waals surface area contributed by atoms with Crippen molar-refractivity contribution in [1.82, 2.24) is 0 Å². The summed E-state index contributed by atoms with van der Waals surface area (Å²) in [6.07, 6.45) is 1.15. The molecule has 0 amide bonds. The molecule has 0 atom stereocenters. The lowest BCUT2D eigenvalue weighted by molar-refractivity contribution is -0.130. The molecule has 1 saturated carbocycles. The zero-order valence-corrected chi connectivity index (χ0v) is 11.6.